The smallest absolute Gasteiger partial charge is 0.272 e. The van der Waals surface area contributed by atoms with Gasteiger partial charge in [0.15, 0.2) is 5.69 Å². The number of amides is 1. The number of carbonyl (C=O) groups is 1. The molecule has 0 bridgehead atoms. The van der Waals surface area contributed by atoms with E-state index in [0.29, 0.717) is 12.5 Å². The van der Waals surface area contributed by atoms with Crippen LogP contribution in [0.3, 0.4) is 0 Å². The zero-order chi connectivity index (χ0) is 15.4. The summed E-state index contributed by atoms with van der Waals surface area (Å²) in [6.07, 6.45) is 4.01. The Balaban J connectivity index is 1.70. The molecule has 1 aliphatic rings. The number of hydrogen-bond acceptors (Lipinski definition) is 6. The largest absolute Gasteiger partial charge is 0.480 e. The highest BCUT2D eigenvalue weighted by atomic mass is 16.5. The zero-order valence-electron chi connectivity index (χ0n) is 12.1. The highest BCUT2D eigenvalue weighted by Crippen LogP contribution is 2.28. The van der Waals surface area contributed by atoms with Crippen LogP contribution in [-0.2, 0) is 4.74 Å². The first-order valence-electron chi connectivity index (χ1n) is 6.98. The van der Waals surface area contributed by atoms with Gasteiger partial charge in [0.2, 0.25) is 5.88 Å². The lowest BCUT2D eigenvalue weighted by Crippen LogP contribution is -2.37. The predicted molar refractivity (Wildman–Crippen MR) is 77.4 cm³/mol. The highest BCUT2D eigenvalue weighted by molar-refractivity contribution is 5.92. The van der Waals surface area contributed by atoms with E-state index in [1.807, 2.05) is 12.1 Å². The van der Waals surface area contributed by atoms with Crippen LogP contribution in [0.2, 0.25) is 0 Å². The summed E-state index contributed by atoms with van der Waals surface area (Å²) >= 11 is 0. The third kappa shape index (κ3) is 3.04. The molecular formula is C15H16N4O3. The van der Waals surface area contributed by atoms with Gasteiger partial charge in [0.05, 0.1) is 13.2 Å². The second kappa shape index (κ2) is 6.48. The third-order valence-electron chi connectivity index (χ3n) is 3.50. The van der Waals surface area contributed by atoms with Crippen molar-refractivity contribution in [2.24, 2.45) is 0 Å². The summed E-state index contributed by atoms with van der Waals surface area (Å²) in [5.41, 5.74) is 1.20. The first kappa shape index (κ1) is 14.4. The van der Waals surface area contributed by atoms with Gasteiger partial charge in [-0.05, 0) is 18.6 Å². The first-order chi connectivity index (χ1) is 10.8. The molecule has 2 aromatic heterocycles. The summed E-state index contributed by atoms with van der Waals surface area (Å²) in [7, 11) is 1.50. The van der Waals surface area contributed by atoms with Crippen molar-refractivity contribution < 1.29 is 14.3 Å². The van der Waals surface area contributed by atoms with Crippen molar-refractivity contribution >= 4 is 5.91 Å². The number of pyridine rings is 1. The average molecular weight is 300 g/mol. The van der Waals surface area contributed by atoms with Gasteiger partial charge in [0, 0.05) is 30.6 Å². The maximum Gasteiger partial charge on any atom is 0.272 e. The Kier molecular flexibility index (Phi) is 4.24. The lowest BCUT2D eigenvalue weighted by molar-refractivity contribution is 0.0816. The first-order valence-corrected chi connectivity index (χ1v) is 6.98. The number of nitrogens with one attached hydrogen (secondary N) is 1. The summed E-state index contributed by atoms with van der Waals surface area (Å²) in [4.78, 5) is 16.3. The highest BCUT2D eigenvalue weighted by Gasteiger charge is 2.31. The van der Waals surface area contributed by atoms with Crippen LogP contribution in [0.5, 0.6) is 5.88 Å². The van der Waals surface area contributed by atoms with Gasteiger partial charge in [-0.3, -0.25) is 9.78 Å². The Labute approximate surface area is 127 Å². The quantitative estimate of drug-likeness (QED) is 0.911. The summed E-state index contributed by atoms with van der Waals surface area (Å²) in [5, 5.41) is 10.6. The number of aromatic nitrogens is 3. The van der Waals surface area contributed by atoms with Crippen LogP contribution in [0.1, 0.15) is 28.6 Å². The van der Waals surface area contributed by atoms with E-state index in [1.165, 1.54) is 7.11 Å². The Morgan fingerprint density at radius 2 is 2.27 bits per heavy atom. The lowest BCUT2D eigenvalue weighted by atomic mass is 10.0. The second-order valence-electron chi connectivity index (χ2n) is 4.91. The summed E-state index contributed by atoms with van der Waals surface area (Å²) < 4.78 is 10.6. The molecule has 1 aliphatic heterocycles. The Hall–Kier alpha value is -2.54. The minimum atomic E-state index is -0.278. The maximum atomic E-state index is 12.3. The van der Waals surface area contributed by atoms with E-state index in [0.717, 1.165) is 12.0 Å². The Morgan fingerprint density at radius 1 is 1.36 bits per heavy atom. The Bertz CT molecular complexity index is 633. The molecule has 2 aromatic rings. The van der Waals surface area contributed by atoms with E-state index < -0.39 is 0 Å². The standard InChI is InChI=1S/C15H16N4O3/c1-21-13-5-4-12(18-19-13)15(20)17-11-6-8-22-14(11)10-3-2-7-16-9-10/h2-5,7,9,11,14H,6,8H2,1H3,(H,17,20)/t11-,14+/m0/s1. The van der Waals surface area contributed by atoms with Crippen LogP contribution in [0.15, 0.2) is 36.7 Å². The van der Waals surface area contributed by atoms with Crippen molar-refractivity contribution in [3.05, 3.63) is 47.9 Å². The van der Waals surface area contributed by atoms with E-state index in [2.05, 4.69) is 20.5 Å². The van der Waals surface area contributed by atoms with E-state index in [1.54, 1.807) is 24.5 Å². The molecule has 1 N–H and O–H groups in total. The molecule has 22 heavy (non-hydrogen) atoms. The summed E-state index contributed by atoms with van der Waals surface area (Å²) in [6.45, 7) is 0.596. The van der Waals surface area contributed by atoms with Gasteiger partial charge in [-0.15, -0.1) is 10.2 Å². The molecule has 7 nitrogen and oxygen atoms in total. The van der Waals surface area contributed by atoms with Crippen molar-refractivity contribution in [3.63, 3.8) is 0 Å². The van der Waals surface area contributed by atoms with Gasteiger partial charge >= 0.3 is 0 Å². The van der Waals surface area contributed by atoms with Crippen molar-refractivity contribution in [2.75, 3.05) is 13.7 Å². The summed E-state index contributed by atoms with van der Waals surface area (Å²) in [6, 6.07) is 6.86. The predicted octanol–water partition coefficient (Wildman–Crippen LogP) is 1.14. The van der Waals surface area contributed by atoms with Crippen LogP contribution >= 0.6 is 0 Å². The fraction of sp³-hybridized carbons (Fsp3) is 0.333. The van der Waals surface area contributed by atoms with Gasteiger partial charge in [0.25, 0.3) is 5.91 Å². The lowest BCUT2D eigenvalue weighted by Gasteiger charge is -2.19. The van der Waals surface area contributed by atoms with Gasteiger partial charge in [0.1, 0.15) is 6.10 Å². The van der Waals surface area contributed by atoms with Gasteiger partial charge < -0.3 is 14.8 Å². The number of ether oxygens (including phenoxy) is 2. The minimum Gasteiger partial charge on any atom is -0.480 e. The van der Waals surface area contributed by atoms with Crippen LogP contribution in [0.25, 0.3) is 0 Å². The minimum absolute atomic E-state index is 0.111. The average Bonchev–Trinajstić information content (AvgIpc) is 3.04. The topological polar surface area (TPSA) is 86.2 Å². The van der Waals surface area contributed by atoms with Crippen LogP contribution in [0, 0.1) is 0 Å². The van der Waals surface area contributed by atoms with Crippen molar-refractivity contribution in [1.29, 1.82) is 0 Å². The number of hydrogen-bond donors (Lipinski definition) is 1. The van der Waals surface area contributed by atoms with Crippen molar-refractivity contribution in [2.45, 2.75) is 18.6 Å². The molecule has 1 amide bonds. The van der Waals surface area contributed by atoms with E-state index >= 15 is 0 Å². The van der Waals surface area contributed by atoms with Crippen LogP contribution in [0.4, 0.5) is 0 Å². The number of rotatable bonds is 4. The molecule has 114 valence electrons. The van der Waals surface area contributed by atoms with Gasteiger partial charge in [-0.25, -0.2) is 0 Å². The van der Waals surface area contributed by atoms with Crippen molar-refractivity contribution in [3.8, 4) is 5.88 Å². The monoisotopic (exact) mass is 300 g/mol. The molecule has 0 radical (unpaired) electrons. The number of nitrogens with zero attached hydrogens (tertiary/aromatic N) is 3. The molecule has 0 spiro atoms. The molecule has 2 atom stereocenters. The van der Waals surface area contributed by atoms with Crippen LogP contribution < -0.4 is 10.1 Å². The molecule has 0 saturated carbocycles. The molecule has 0 aromatic carbocycles. The third-order valence-corrected chi connectivity index (χ3v) is 3.50. The fourth-order valence-electron chi connectivity index (χ4n) is 2.40. The number of methoxy groups -OCH3 is 1. The van der Waals surface area contributed by atoms with Crippen LogP contribution in [-0.4, -0.2) is 40.8 Å². The SMILES string of the molecule is COc1ccc(C(=O)N[C@H]2CCO[C@@H]2c2cccnc2)nn1. The van der Waals surface area contributed by atoms with E-state index in [4.69, 9.17) is 9.47 Å². The van der Waals surface area contributed by atoms with Gasteiger partial charge in [-0.2, -0.15) is 0 Å². The zero-order valence-corrected chi connectivity index (χ0v) is 12.1. The molecule has 1 fully saturated rings. The summed E-state index contributed by atoms with van der Waals surface area (Å²) in [5.74, 6) is 0.0912. The normalized spacial score (nSPS) is 20.6. The fourth-order valence-corrected chi connectivity index (χ4v) is 2.40. The molecular weight excluding hydrogens is 284 g/mol. The molecule has 0 aliphatic carbocycles. The molecule has 7 heteroatoms. The molecule has 3 rings (SSSR count). The Morgan fingerprint density at radius 3 is 2.95 bits per heavy atom. The van der Waals surface area contributed by atoms with E-state index in [9.17, 15) is 4.79 Å². The number of carbonyl (C=O) groups excluding carboxylic acids is 1. The van der Waals surface area contributed by atoms with Gasteiger partial charge in [-0.1, -0.05) is 6.07 Å². The maximum absolute atomic E-state index is 12.3. The molecule has 1 saturated heterocycles. The van der Waals surface area contributed by atoms with Crippen molar-refractivity contribution in [1.82, 2.24) is 20.5 Å². The second-order valence-corrected chi connectivity index (χ2v) is 4.91. The molecule has 0 unspecified atom stereocenters. The van der Waals surface area contributed by atoms with E-state index in [-0.39, 0.29) is 23.7 Å². The molecule has 3 heterocycles.